The molecule has 39 heavy (non-hydrogen) atoms. The number of hydrogen-bond donors (Lipinski definition) is 2. The Hall–Kier alpha value is -3.93. The van der Waals surface area contributed by atoms with Crippen LogP contribution in [0, 0.1) is 0 Å². The lowest BCUT2D eigenvalue weighted by molar-refractivity contribution is -0.130. The molecule has 2 atom stereocenters. The van der Waals surface area contributed by atoms with Crippen LogP contribution in [0.5, 0.6) is 11.5 Å². The number of amides is 2. The van der Waals surface area contributed by atoms with Crippen molar-refractivity contribution in [2.24, 2.45) is 0 Å². The SMILES string of the molecule is COc1ccc2cc1OCCn1cc(nn1)CO[C@H]1CN(C(=O)CCc3n[nH]c4c3CCCC4)C[C@@H]1NC2=O. The molecule has 0 saturated carbocycles. The van der Waals surface area contributed by atoms with Gasteiger partial charge in [-0.15, -0.1) is 5.10 Å². The number of fused-ring (bicyclic) bond motifs is 6. The van der Waals surface area contributed by atoms with E-state index in [1.807, 2.05) is 6.20 Å². The van der Waals surface area contributed by atoms with Crippen LogP contribution in [0.3, 0.4) is 0 Å². The zero-order chi connectivity index (χ0) is 26.8. The van der Waals surface area contributed by atoms with E-state index in [0.29, 0.717) is 61.8 Å². The van der Waals surface area contributed by atoms with Crippen molar-refractivity contribution in [3.8, 4) is 11.5 Å². The van der Waals surface area contributed by atoms with Crippen LogP contribution in [0.1, 0.15) is 52.3 Å². The molecule has 12 heteroatoms. The maximum atomic E-state index is 13.3. The number of aryl methyl sites for hydroxylation is 2. The molecule has 2 aliphatic heterocycles. The van der Waals surface area contributed by atoms with Crippen LogP contribution in [-0.4, -0.2) is 80.9 Å². The summed E-state index contributed by atoms with van der Waals surface area (Å²) in [5.41, 5.74) is 4.60. The van der Waals surface area contributed by atoms with E-state index in [1.54, 1.807) is 34.9 Å². The van der Waals surface area contributed by atoms with Crippen molar-refractivity contribution in [2.75, 3.05) is 26.8 Å². The number of rotatable bonds is 4. The number of carbonyl (C=O) groups is 2. The highest BCUT2D eigenvalue weighted by Crippen LogP contribution is 2.29. The van der Waals surface area contributed by atoms with Crippen molar-refractivity contribution in [1.82, 2.24) is 35.4 Å². The van der Waals surface area contributed by atoms with Gasteiger partial charge in [0.05, 0.1) is 44.3 Å². The average molecular weight is 536 g/mol. The van der Waals surface area contributed by atoms with Crippen LogP contribution in [0.15, 0.2) is 24.4 Å². The van der Waals surface area contributed by atoms with Gasteiger partial charge in [-0.2, -0.15) is 5.10 Å². The third-order valence-electron chi connectivity index (χ3n) is 7.69. The van der Waals surface area contributed by atoms with Crippen LogP contribution in [-0.2, 0) is 41.9 Å². The first-order chi connectivity index (χ1) is 19.1. The van der Waals surface area contributed by atoms with Crippen molar-refractivity contribution in [1.29, 1.82) is 0 Å². The molecule has 2 amide bonds. The van der Waals surface area contributed by atoms with Crippen molar-refractivity contribution in [3.05, 3.63) is 52.6 Å². The van der Waals surface area contributed by atoms with Gasteiger partial charge in [-0.05, 0) is 49.4 Å². The fourth-order valence-electron chi connectivity index (χ4n) is 5.56. The maximum absolute atomic E-state index is 13.3. The summed E-state index contributed by atoms with van der Waals surface area (Å²) in [7, 11) is 1.56. The number of aromatic amines is 1. The molecular formula is C27H33N7O5. The number of ether oxygens (including phenoxy) is 3. The molecule has 4 heterocycles. The standard InChI is InChI=1S/C27H33N7O5/c1-37-23-8-6-17-12-24(23)38-11-10-34-13-18(29-32-34)16-39-25-15-33(14-22(25)28-27(17)36)26(35)9-7-21-19-4-2-3-5-20(19)30-31-21/h6,8,12-13,22,25H,2-5,7,9-11,14-16H2,1H3,(H,28,36)(H,30,31)/t22-,25-/m0/s1. The number of methoxy groups -OCH3 is 1. The van der Waals surface area contributed by atoms with E-state index in [0.717, 1.165) is 25.0 Å². The van der Waals surface area contributed by atoms with Gasteiger partial charge < -0.3 is 24.4 Å². The van der Waals surface area contributed by atoms with Gasteiger partial charge in [0.2, 0.25) is 5.91 Å². The molecule has 2 aromatic heterocycles. The van der Waals surface area contributed by atoms with Crippen LogP contribution in [0.2, 0.25) is 0 Å². The summed E-state index contributed by atoms with van der Waals surface area (Å²) in [5.74, 6) is 0.759. The van der Waals surface area contributed by atoms with E-state index >= 15 is 0 Å². The Morgan fingerprint density at radius 3 is 3.03 bits per heavy atom. The number of hydrogen-bond acceptors (Lipinski definition) is 8. The van der Waals surface area contributed by atoms with E-state index in [9.17, 15) is 9.59 Å². The van der Waals surface area contributed by atoms with Crippen molar-refractivity contribution in [3.63, 3.8) is 0 Å². The van der Waals surface area contributed by atoms with Gasteiger partial charge in [0, 0.05) is 37.2 Å². The second-order valence-corrected chi connectivity index (χ2v) is 10.2. The molecule has 0 radical (unpaired) electrons. The predicted octanol–water partition coefficient (Wildman–Crippen LogP) is 1.44. The number of carbonyl (C=O) groups excluding carboxylic acids is 2. The third-order valence-corrected chi connectivity index (χ3v) is 7.69. The van der Waals surface area contributed by atoms with Gasteiger partial charge in [0.1, 0.15) is 12.3 Å². The summed E-state index contributed by atoms with van der Waals surface area (Å²) in [6.45, 7) is 1.77. The quantitative estimate of drug-likeness (QED) is 0.512. The zero-order valence-corrected chi connectivity index (χ0v) is 22.0. The lowest BCUT2D eigenvalue weighted by atomic mass is 9.94. The Morgan fingerprint density at radius 1 is 1.23 bits per heavy atom. The van der Waals surface area contributed by atoms with Crippen LogP contribution >= 0.6 is 0 Å². The zero-order valence-electron chi connectivity index (χ0n) is 22.0. The molecule has 12 nitrogen and oxygen atoms in total. The summed E-state index contributed by atoms with van der Waals surface area (Å²) in [4.78, 5) is 28.3. The van der Waals surface area contributed by atoms with Gasteiger partial charge in [-0.1, -0.05) is 5.21 Å². The van der Waals surface area contributed by atoms with Gasteiger partial charge in [0.15, 0.2) is 11.5 Å². The molecular weight excluding hydrogens is 502 g/mol. The van der Waals surface area contributed by atoms with Crippen molar-refractivity contribution >= 4 is 11.8 Å². The van der Waals surface area contributed by atoms with E-state index in [-0.39, 0.29) is 30.6 Å². The minimum atomic E-state index is -0.389. The molecule has 3 aliphatic rings. The molecule has 2 N–H and O–H groups in total. The number of benzene rings is 1. The number of nitrogens with one attached hydrogen (secondary N) is 2. The highest BCUT2D eigenvalue weighted by molar-refractivity contribution is 5.95. The minimum Gasteiger partial charge on any atom is -0.493 e. The Morgan fingerprint density at radius 2 is 2.13 bits per heavy atom. The highest BCUT2D eigenvalue weighted by Gasteiger charge is 2.37. The first-order valence-corrected chi connectivity index (χ1v) is 13.5. The molecule has 4 bridgehead atoms. The first-order valence-electron chi connectivity index (χ1n) is 13.5. The highest BCUT2D eigenvalue weighted by atomic mass is 16.5. The topological polar surface area (TPSA) is 136 Å². The number of likely N-dealkylation sites (tertiary alicyclic amines) is 1. The van der Waals surface area contributed by atoms with Crippen LogP contribution in [0.4, 0.5) is 0 Å². The van der Waals surface area contributed by atoms with Gasteiger partial charge in [-0.3, -0.25) is 14.7 Å². The molecule has 1 aliphatic carbocycles. The smallest absolute Gasteiger partial charge is 0.251 e. The molecule has 6 rings (SSSR count). The van der Waals surface area contributed by atoms with E-state index in [1.165, 1.54) is 17.7 Å². The minimum absolute atomic E-state index is 0.0217. The molecule has 1 saturated heterocycles. The summed E-state index contributed by atoms with van der Waals surface area (Å²) in [6.07, 6.45) is 6.77. The third kappa shape index (κ3) is 5.47. The van der Waals surface area contributed by atoms with Crippen molar-refractivity contribution in [2.45, 2.75) is 63.8 Å². The summed E-state index contributed by atoms with van der Waals surface area (Å²) in [6, 6.07) is 4.69. The fourth-order valence-corrected chi connectivity index (χ4v) is 5.56. The van der Waals surface area contributed by atoms with E-state index in [4.69, 9.17) is 14.2 Å². The predicted molar refractivity (Wildman–Crippen MR) is 138 cm³/mol. The maximum Gasteiger partial charge on any atom is 0.251 e. The number of aromatic nitrogens is 5. The summed E-state index contributed by atoms with van der Waals surface area (Å²) in [5, 5.41) is 19.1. The second-order valence-electron chi connectivity index (χ2n) is 10.2. The number of nitrogens with zero attached hydrogens (tertiary/aromatic N) is 5. The average Bonchev–Trinajstić information content (AvgIpc) is 3.69. The van der Waals surface area contributed by atoms with Crippen LogP contribution < -0.4 is 14.8 Å². The van der Waals surface area contributed by atoms with Gasteiger partial charge >= 0.3 is 0 Å². The molecule has 1 aromatic carbocycles. The Bertz CT molecular complexity index is 1350. The Labute approximate surface area is 226 Å². The van der Waals surface area contributed by atoms with Crippen LogP contribution in [0.25, 0.3) is 0 Å². The van der Waals surface area contributed by atoms with E-state index in [2.05, 4.69) is 25.8 Å². The molecule has 0 unspecified atom stereocenters. The lowest BCUT2D eigenvalue weighted by Gasteiger charge is -2.20. The van der Waals surface area contributed by atoms with Gasteiger partial charge in [-0.25, -0.2) is 4.68 Å². The molecule has 0 spiro atoms. The Kier molecular flexibility index (Phi) is 7.18. The first kappa shape index (κ1) is 25.4. The second kappa shape index (κ2) is 11.0. The summed E-state index contributed by atoms with van der Waals surface area (Å²) >= 11 is 0. The van der Waals surface area contributed by atoms with Gasteiger partial charge in [0.25, 0.3) is 5.91 Å². The normalized spacial score (nSPS) is 21.2. The largest absolute Gasteiger partial charge is 0.493 e. The van der Waals surface area contributed by atoms with E-state index < -0.39 is 0 Å². The molecule has 1 fully saturated rings. The fraction of sp³-hybridized carbons (Fsp3) is 0.519. The number of H-pyrrole nitrogens is 1. The molecule has 3 aromatic rings. The summed E-state index contributed by atoms with van der Waals surface area (Å²) < 4.78 is 19.2. The van der Waals surface area contributed by atoms with Crippen molar-refractivity contribution < 1.29 is 23.8 Å². The monoisotopic (exact) mass is 535 g/mol. The molecule has 206 valence electrons. The Balaban J connectivity index is 1.18. The lowest BCUT2D eigenvalue weighted by Crippen LogP contribution is -2.44.